The number of fused-ring (bicyclic) bond motifs is 3. The molecule has 9 heteroatoms. The Bertz CT molecular complexity index is 1040. The highest BCUT2D eigenvalue weighted by atomic mass is 19.3. The fraction of sp³-hybridized carbons (Fsp3) is 0.423. The summed E-state index contributed by atoms with van der Waals surface area (Å²) in [7, 11) is 0. The molecule has 1 saturated carbocycles. The standard InChI is InChI=1S/C26H28F2N2O5/c27-25(28)22(13-24(32)33)29-23(31)12-21(15-6-5-7-15)30-26(34)35-14-20-18-10-3-1-8-16(18)17-9-2-4-11-19(17)20/h1-4,8-11,15,20-22,25H,5-7,12-14H2,(H,29,31)(H,30,34)(H,32,33). The number of benzene rings is 2. The molecule has 0 saturated heterocycles. The van der Waals surface area contributed by atoms with E-state index >= 15 is 0 Å². The maximum atomic E-state index is 13.1. The number of alkyl halides is 2. The van der Waals surface area contributed by atoms with Gasteiger partial charge in [-0.3, -0.25) is 9.59 Å². The summed E-state index contributed by atoms with van der Waals surface area (Å²) in [6.45, 7) is 0.121. The van der Waals surface area contributed by atoms with Gasteiger partial charge < -0.3 is 20.5 Å². The molecule has 0 heterocycles. The van der Waals surface area contributed by atoms with Crippen LogP contribution >= 0.6 is 0 Å². The average Bonchev–Trinajstić information content (AvgIpc) is 3.09. The molecule has 0 aliphatic heterocycles. The first kappa shape index (κ1) is 24.6. The molecule has 2 aromatic carbocycles. The van der Waals surface area contributed by atoms with Crippen LogP contribution in [0.4, 0.5) is 13.6 Å². The second-order valence-corrected chi connectivity index (χ2v) is 9.08. The zero-order valence-electron chi connectivity index (χ0n) is 19.1. The summed E-state index contributed by atoms with van der Waals surface area (Å²) in [5, 5.41) is 13.6. The van der Waals surface area contributed by atoms with Crippen molar-refractivity contribution < 1.29 is 33.0 Å². The van der Waals surface area contributed by atoms with Gasteiger partial charge in [-0.05, 0) is 41.0 Å². The number of halogens is 2. The second-order valence-electron chi connectivity index (χ2n) is 9.08. The minimum atomic E-state index is -3.01. The molecule has 1 fully saturated rings. The lowest BCUT2D eigenvalue weighted by Crippen LogP contribution is -2.48. The van der Waals surface area contributed by atoms with Gasteiger partial charge in [0, 0.05) is 18.4 Å². The Kier molecular flexibility index (Phi) is 7.63. The van der Waals surface area contributed by atoms with Crippen LogP contribution in [0.1, 0.15) is 49.1 Å². The lowest BCUT2D eigenvalue weighted by Gasteiger charge is -2.34. The van der Waals surface area contributed by atoms with Crippen molar-refractivity contribution in [2.45, 2.75) is 56.5 Å². The molecule has 2 aliphatic carbocycles. The van der Waals surface area contributed by atoms with E-state index < -0.39 is 42.9 Å². The third kappa shape index (κ3) is 5.78. The molecule has 186 valence electrons. The first-order valence-corrected chi connectivity index (χ1v) is 11.7. The second kappa shape index (κ2) is 10.8. The number of alkyl carbamates (subject to hydrolysis) is 1. The highest BCUT2D eigenvalue weighted by molar-refractivity contribution is 5.80. The van der Waals surface area contributed by atoms with Crippen LogP contribution in [0.15, 0.2) is 48.5 Å². The molecule has 2 atom stereocenters. The summed E-state index contributed by atoms with van der Waals surface area (Å²) in [6.07, 6.45) is -2.23. The van der Waals surface area contributed by atoms with Crippen LogP contribution in [-0.2, 0) is 14.3 Å². The Labute approximate surface area is 201 Å². The number of carboxylic acid groups (broad SMARTS) is 1. The number of ether oxygens (including phenoxy) is 1. The summed E-state index contributed by atoms with van der Waals surface area (Å²) in [6, 6.07) is 13.6. The Morgan fingerprint density at radius 2 is 1.54 bits per heavy atom. The van der Waals surface area contributed by atoms with Gasteiger partial charge >= 0.3 is 12.1 Å². The van der Waals surface area contributed by atoms with E-state index in [0.717, 1.165) is 41.5 Å². The van der Waals surface area contributed by atoms with Crippen molar-refractivity contribution in [2.24, 2.45) is 5.92 Å². The van der Waals surface area contributed by atoms with E-state index in [2.05, 4.69) is 10.6 Å². The number of amides is 2. The zero-order valence-corrected chi connectivity index (χ0v) is 19.1. The highest BCUT2D eigenvalue weighted by Crippen LogP contribution is 2.44. The first-order chi connectivity index (χ1) is 16.8. The number of carbonyl (C=O) groups excluding carboxylic acids is 2. The molecule has 0 aromatic heterocycles. The number of hydrogen-bond donors (Lipinski definition) is 3. The number of rotatable bonds is 10. The van der Waals surface area contributed by atoms with Crippen LogP contribution in [0, 0.1) is 5.92 Å². The van der Waals surface area contributed by atoms with Gasteiger partial charge in [-0.25, -0.2) is 13.6 Å². The maximum Gasteiger partial charge on any atom is 0.407 e. The van der Waals surface area contributed by atoms with E-state index in [1.807, 2.05) is 48.5 Å². The van der Waals surface area contributed by atoms with Crippen LogP contribution in [0.5, 0.6) is 0 Å². The predicted molar refractivity (Wildman–Crippen MR) is 124 cm³/mol. The van der Waals surface area contributed by atoms with E-state index in [4.69, 9.17) is 9.84 Å². The lowest BCUT2D eigenvalue weighted by molar-refractivity contribution is -0.139. The van der Waals surface area contributed by atoms with E-state index in [0.29, 0.717) is 0 Å². The molecule has 2 amide bonds. The Morgan fingerprint density at radius 3 is 2.06 bits per heavy atom. The fourth-order valence-electron chi connectivity index (χ4n) is 4.83. The Morgan fingerprint density at radius 1 is 0.943 bits per heavy atom. The van der Waals surface area contributed by atoms with Gasteiger partial charge in [0.2, 0.25) is 5.91 Å². The minimum Gasteiger partial charge on any atom is -0.481 e. The smallest absolute Gasteiger partial charge is 0.407 e. The molecule has 7 nitrogen and oxygen atoms in total. The highest BCUT2D eigenvalue weighted by Gasteiger charge is 2.34. The fourth-order valence-corrected chi connectivity index (χ4v) is 4.83. The van der Waals surface area contributed by atoms with E-state index in [1.165, 1.54) is 0 Å². The molecule has 35 heavy (non-hydrogen) atoms. The van der Waals surface area contributed by atoms with Gasteiger partial charge in [-0.1, -0.05) is 55.0 Å². The summed E-state index contributed by atoms with van der Waals surface area (Å²) in [4.78, 5) is 35.9. The van der Waals surface area contributed by atoms with Gasteiger partial charge in [0.25, 0.3) is 6.43 Å². The number of aliphatic carboxylic acids is 1. The quantitative estimate of drug-likeness (QED) is 0.464. The number of hydrogen-bond acceptors (Lipinski definition) is 4. The molecule has 0 spiro atoms. The molecule has 0 radical (unpaired) electrons. The summed E-state index contributed by atoms with van der Waals surface area (Å²) >= 11 is 0. The topological polar surface area (TPSA) is 105 Å². The van der Waals surface area contributed by atoms with Crippen LogP contribution < -0.4 is 10.6 Å². The van der Waals surface area contributed by atoms with E-state index in [9.17, 15) is 23.2 Å². The van der Waals surface area contributed by atoms with E-state index in [-0.39, 0.29) is 24.9 Å². The molecular weight excluding hydrogens is 458 g/mol. The third-order valence-corrected chi connectivity index (χ3v) is 6.82. The molecule has 0 bridgehead atoms. The van der Waals surface area contributed by atoms with Crippen LogP contribution in [-0.4, -0.2) is 48.2 Å². The van der Waals surface area contributed by atoms with Crippen molar-refractivity contribution >= 4 is 18.0 Å². The van der Waals surface area contributed by atoms with Crippen molar-refractivity contribution in [3.63, 3.8) is 0 Å². The molecule has 2 unspecified atom stereocenters. The van der Waals surface area contributed by atoms with Crippen molar-refractivity contribution in [1.82, 2.24) is 10.6 Å². The largest absolute Gasteiger partial charge is 0.481 e. The molecule has 2 aromatic rings. The van der Waals surface area contributed by atoms with E-state index in [1.54, 1.807) is 0 Å². The monoisotopic (exact) mass is 486 g/mol. The van der Waals surface area contributed by atoms with Crippen LogP contribution in [0.2, 0.25) is 0 Å². The first-order valence-electron chi connectivity index (χ1n) is 11.7. The summed E-state index contributed by atoms with van der Waals surface area (Å²) in [5.74, 6) is -2.23. The van der Waals surface area contributed by atoms with Gasteiger partial charge in [0.15, 0.2) is 0 Å². The van der Waals surface area contributed by atoms with Gasteiger partial charge in [0.1, 0.15) is 12.6 Å². The molecule has 4 rings (SSSR count). The van der Waals surface area contributed by atoms with Gasteiger partial charge in [-0.2, -0.15) is 0 Å². The van der Waals surface area contributed by atoms with Gasteiger partial charge in [-0.15, -0.1) is 0 Å². The van der Waals surface area contributed by atoms with Crippen molar-refractivity contribution in [1.29, 1.82) is 0 Å². The normalized spacial score (nSPS) is 16.5. The lowest BCUT2D eigenvalue weighted by atomic mass is 9.78. The van der Waals surface area contributed by atoms with Crippen LogP contribution in [0.3, 0.4) is 0 Å². The number of carbonyl (C=O) groups is 3. The van der Waals surface area contributed by atoms with Crippen molar-refractivity contribution in [3.05, 3.63) is 59.7 Å². The van der Waals surface area contributed by atoms with Crippen molar-refractivity contribution in [3.8, 4) is 11.1 Å². The third-order valence-electron chi connectivity index (χ3n) is 6.82. The summed E-state index contributed by atoms with van der Waals surface area (Å²) < 4.78 is 31.8. The summed E-state index contributed by atoms with van der Waals surface area (Å²) in [5.41, 5.74) is 4.37. The number of nitrogens with one attached hydrogen (secondary N) is 2. The predicted octanol–water partition coefficient (Wildman–Crippen LogP) is 4.31. The van der Waals surface area contributed by atoms with Gasteiger partial charge in [0.05, 0.1) is 6.42 Å². The average molecular weight is 487 g/mol. The zero-order chi connectivity index (χ0) is 24.9. The maximum absolute atomic E-state index is 13.1. The molecular formula is C26H28F2N2O5. The minimum absolute atomic E-state index is 0.0331. The van der Waals surface area contributed by atoms with Crippen LogP contribution in [0.25, 0.3) is 11.1 Å². The molecule has 2 aliphatic rings. The SMILES string of the molecule is O=C(O)CC(NC(=O)CC(NC(=O)OCC1c2ccccc2-c2ccccc21)C1CCC1)C(F)F. The number of carboxylic acids is 1. The molecule has 3 N–H and O–H groups in total. The van der Waals surface area contributed by atoms with Crippen molar-refractivity contribution in [2.75, 3.05) is 6.61 Å². The Balaban J connectivity index is 1.36. The Hall–Kier alpha value is -3.49.